The third kappa shape index (κ3) is 1.56. The first-order valence-corrected chi connectivity index (χ1v) is 4.54. The molecule has 4 heteroatoms. The van der Waals surface area contributed by atoms with Crippen molar-refractivity contribution >= 4 is 23.0 Å². The summed E-state index contributed by atoms with van der Waals surface area (Å²) in [6.45, 7) is 2.85. The average molecular weight is 201 g/mol. The van der Waals surface area contributed by atoms with E-state index in [-0.39, 0.29) is 10.8 Å². The van der Waals surface area contributed by atoms with Crippen molar-refractivity contribution in [2.45, 2.75) is 13.0 Å². The van der Waals surface area contributed by atoms with Gasteiger partial charge in [-0.1, -0.05) is 11.6 Å². The Kier molecular flexibility index (Phi) is 2.04. The van der Waals surface area contributed by atoms with Crippen molar-refractivity contribution in [2.75, 3.05) is 17.2 Å². The van der Waals surface area contributed by atoms with Gasteiger partial charge in [0.2, 0.25) is 0 Å². The van der Waals surface area contributed by atoms with Gasteiger partial charge in [0.05, 0.1) is 16.4 Å². The van der Waals surface area contributed by atoms with E-state index in [1.54, 1.807) is 6.07 Å². The minimum absolute atomic E-state index is 0.155. The topological polar surface area (TPSA) is 24.1 Å². The number of hydrogen-bond donors (Lipinski definition) is 2. The van der Waals surface area contributed by atoms with Crippen molar-refractivity contribution in [3.63, 3.8) is 0 Å². The maximum atomic E-state index is 13.0. The predicted octanol–water partition coefficient (Wildman–Crippen LogP) is 2.71. The fraction of sp³-hybridized carbons (Fsp3) is 0.333. The summed E-state index contributed by atoms with van der Waals surface area (Å²) in [5.74, 6) is -0.385. The molecular formula is C9H10ClFN2. The van der Waals surface area contributed by atoms with Crippen LogP contribution in [0.15, 0.2) is 12.1 Å². The minimum atomic E-state index is -0.385. The summed E-state index contributed by atoms with van der Waals surface area (Å²) in [7, 11) is 0. The molecule has 1 heterocycles. The van der Waals surface area contributed by atoms with Crippen LogP contribution < -0.4 is 10.6 Å². The first-order valence-electron chi connectivity index (χ1n) is 4.16. The van der Waals surface area contributed by atoms with E-state index < -0.39 is 0 Å². The highest BCUT2D eigenvalue weighted by molar-refractivity contribution is 6.31. The van der Waals surface area contributed by atoms with E-state index in [2.05, 4.69) is 10.6 Å². The van der Waals surface area contributed by atoms with Gasteiger partial charge in [0.15, 0.2) is 0 Å². The molecule has 0 bridgehead atoms. The number of benzene rings is 1. The van der Waals surface area contributed by atoms with Gasteiger partial charge in [-0.15, -0.1) is 0 Å². The van der Waals surface area contributed by atoms with Gasteiger partial charge in [-0.25, -0.2) is 4.39 Å². The lowest BCUT2D eigenvalue weighted by molar-refractivity contribution is 0.628. The lowest BCUT2D eigenvalue weighted by Crippen LogP contribution is -2.30. The van der Waals surface area contributed by atoms with Crippen molar-refractivity contribution in [2.24, 2.45) is 0 Å². The van der Waals surface area contributed by atoms with Gasteiger partial charge in [-0.2, -0.15) is 0 Å². The average Bonchev–Trinajstić information content (AvgIpc) is 2.08. The summed E-state index contributed by atoms with van der Waals surface area (Å²) in [6, 6.07) is 3.36. The quantitative estimate of drug-likeness (QED) is 0.673. The lowest BCUT2D eigenvalue weighted by atomic mass is 10.1. The molecule has 0 aromatic heterocycles. The zero-order valence-corrected chi connectivity index (χ0v) is 7.95. The molecule has 2 rings (SSSR count). The van der Waals surface area contributed by atoms with Gasteiger partial charge in [0.1, 0.15) is 5.82 Å². The molecule has 2 nitrogen and oxygen atoms in total. The fourth-order valence-electron chi connectivity index (χ4n) is 1.39. The zero-order valence-electron chi connectivity index (χ0n) is 7.20. The maximum Gasteiger partial charge on any atom is 0.143 e. The zero-order chi connectivity index (χ0) is 9.42. The Morgan fingerprint density at radius 3 is 3.00 bits per heavy atom. The van der Waals surface area contributed by atoms with Crippen molar-refractivity contribution in [1.82, 2.24) is 0 Å². The molecule has 1 aromatic carbocycles. The maximum absolute atomic E-state index is 13.0. The van der Waals surface area contributed by atoms with Gasteiger partial charge in [0, 0.05) is 18.7 Å². The first kappa shape index (κ1) is 8.63. The molecule has 1 atom stereocenters. The molecule has 70 valence electrons. The second-order valence-corrected chi connectivity index (χ2v) is 3.65. The van der Waals surface area contributed by atoms with Gasteiger partial charge >= 0.3 is 0 Å². The highest BCUT2D eigenvalue weighted by Crippen LogP contribution is 2.31. The van der Waals surface area contributed by atoms with Crippen molar-refractivity contribution in [1.29, 1.82) is 0 Å². The third-order valence-electron chi connectivity index (χ3n) is 2.06. The van der Waals surface area contributed by atoms with E-state index in [0.717, 1.165) is 17.9 Å². The Bertz CT molecular complexity index is 341. The summed E-state index contributed by atoms with van der Waals surface area (Å²) in [4.78, 5) is 0. The van der Waals surface area contributed by atoms with Crippen LogP contribution in [0, 0.1) is 5.82 Å². The predicted molar refractivity (Wildman–Crippen MR) is 53.0 cm³/mol. The van der Waals surface area contributed by atoms with Crippen molar-refractivity contribution < 1.29 is 4.39 Å². The Morgan fingerprint density at radius 2 is 2.23 bits per heavy atom. The number of nitrogens with one attached hydrogen (secondary N) is 2. The molecule has 0 saturated carbocycles. The van der Waals surface area contributed by atoms with Crippen LogP contribution in [-0.4, -0.2) is 12.6 Å². The number of anilines is 2. The molecule has 0 radical (unpaired) electrons. The second kappa shape index (κ2) is 3.07. The molecule has 1 unspecified atom stereocenters. The van der Waals surface area contributed by atoms with E-state index in [9.17, 15) is 4.39 Å². The molecule has 0 saturated heterocycles. The monoisotopic (exact) mass is 200 g/mol. The summed E-state index contributed by atoms with van der Waals surface area (Å²) >= 11 is 5.65. The van der Waals surface area contributed by atoms with Gasteiger partial charge in [-0.3, -0.25) is 0 Å². The largest absolute Gasteiger partial charge is 0.381 e. The number of hydrogen-bond acceptors (Lipinski definition) is 2. The molecule has 1 aliphatic rings. The number of halogens is 2. The van der Waals surface area contributed by atoms with Gasteiger partial charge in [-0.05, 0) is 13.0 Å². The van der Waals surface area contributed by atoms with Crippen LogP contribution in [0.4, 0.5) is 15.8 Å². The van der Waals surface area contributed by atoms with Crippen LogP contribution in [0.5, 0.6) is 0 Å². The van der Waals surface area contributed by atoms with Gasteiger partial charge in [0.25, 0.3) is 0 Å². The minimum Gasteiger partial charge on any atom is -0.381 e. The molecule has 0 amide bonds. The van der Waals surface area contributed by atoms with Crippen LogP contribution in [0.25, 0.3) is 0 Å². The van der Waals surface area contributed by atoms with E-state index >= 15 is 0 Å². The van der Waals surface area contributed by atoms with Crippen molar-refractivity contribution in [3.8, 4) is 0 Å². The summed E-state index contributed by atoms with van der Waals surface area (Å²) < 4.78 is 13.0. The number of rotatable bonds is 0. The van der Waals surface area contributed by atoms with E-state index in [1.165, 1.54) is 6.07 Å². The van der Waals surface area contributed by atoms with Crippen LogP contribution in [0.3, 0.4) is 0 Å². The smallest absolute Gasteiger partial charge is 0.143 e. The van der Waals surface area contributed by atoms with E-state index in [4.69, 9.17) is 11.6 Å². The molecule has 0 spiro atoms. The summed E-state index contributed by atoms with van der Waals surface area (Å²) in [5.41, 5.74) is 1.64. The third-order valence-corrected chi connectivity index (χ3v) is 2.35. The Labute approximate surface area is 81.1 Å². The number of fused-ring (bicyclic) bond motifs is 1. The highest BCUT2D eigenvalue weighted by Gasteiger charge is 2.15. The Balaban J connectivity index is 2.43. The molecule has 1 aliphatic heterocycles. The van der Waals surface area contributed by atoms with Crippen LogP contribution in [0.2, 0.25) is 5.02 Å². The summed E-state index contributed by atoms with van der Waals surface area (Å²) in [6.07, 6.45) is 0. The highest BCUT2D eigenvalue weighted by atomic mass is 35.5. The molecule has 0 fully saturated rings. The van der Waals surface area contributed by atoms with Crippen molar-refractivity contribution in [3.05, 3.63) is 23.0 Å². The Morgan fingerprint density at radius 1 is 1.46 bits per heavy atom. The first-order chi connectivity index (χ1) is 6.16. The van der Waals surface area contributed by atoms with Crippen LogP contribution >= 0.6 is 11.6 Å². The van der Waals surface area contributed by atoms with Gasteiger partial charge < -0.3 is 10.6 Å². The van der Waals surface area contributed by atoms with Crippen LogP contribution in [-0.2, 0) is 0 Å². The van der Waals surface area contributed by atoms with E-state index in [1.807, 2.05) is 6.92 Å². The molecule has 0 aliphatic carbocycles. The molecule has 1 aromatic rings. The van der Waals surface area contributed by atoms with Crippen LogP contribution in [0.1, 0.15) is 6.92 Å². The summed E-state index contributed by atoms with van der Waals surface area (Å²) in [5, 5.41) is 6.49. The normalized spacial score (nSPS) is 20.1. The molecule has 2 N–H and O–H groups in total. The second-order valence-electron chi connectivity index (χ2n) is 3.24. The van der Waals surface area contributed by atoms with E-state index in [0.29, 0.717) is 6.04 Å². The standard InChI is InChI=1S/C9H10ClFN2/c1-5-4-12-8-3-7(11)6(10)2-9(8)13-5/h2-3,5,12-13H,4H2,1H3. The molecular weight excluding hydrogens is 191 g/mol. The SMILES string of the molecule is CC1CNc2cc(F)c(Cl)cc2N1. The fourth-order valence-corrected chi connectivity index (χ4v) is 1.56. The molecule has 13 heavy (non-hydrogen) atoms. The Hall–Kier alpha value is -0.960. The lowest BCUT2D eigenvalue weighted by Gasteiger charge is -2.25.